The van der Waals surface area contributed by atoms with Crippen LogP contribution >= 0.6 is 0 Å². The van der Waals surface area contributed by atoms with Crippen LogP contribution in [0.2, 0.25) is 0 Å². The van der Waals surface area contributed by atoms with Gasteiger partial charge in [-0.2, -0.15) is 0 Å². The molecule has 2 aliphatic heterocycles. The third-order valence-corrected chi connectivity index (χ3v) is 5.05. The molecule has 0 saturated carbocycles. The number of morpholine rings is 1. The molecule has 4 rings (SSSR count). The number of amides is 1. The standard InChI is InChI=1S/C21H24N2O2/c24-21-11-10-18-8-4-5-9-20(18)23(21)16-19-15-22(12-13-25-19)14-17-6-2-1-3-7-17/h1-9,19H,10-16H2. The second-order valence-electron chi connectivity index (χ2n) is 6.85. The van der Waals surface area contributed by atoms with E-state index in [9.17, 15) is 4.79 Å². The maximum absolute atomic E-state index is 12.5. The maximum Gasteiger partial charge on any atom is 0.227 e. The lowest BCUT2D eigenvalue weighted by Crippen LogP contribution is -2.49. The maximum atomic E-state index is 12.5. The van der Waals surface area contributed by atoms with Crippen molar-refractivity contribution >= 4 is 11.6 Å². The Morgan fingerprint density at radius 3 is 2.68 bits per heavy atom. The van der Waals surface area contributed by atoms with Crippen LogP contribution in [0.15, 0.2) is 54.6 Å². The Balaban J connectivity index is 1.43. The number of fused-ring (bicyclic) bond motifs is 1. The van der Waals surface area contributed by atoms with Gasteiger partial charge in [0.15, 0.2) is 0 Å². The second kappa shape index (κ2) is 7.38. The molecule has 4 nitrogen and oxygen atoms in total. The van der Waals surface area contributed by atoms with Crippen molar-refractivity contribution in [3.05, 3.63) is 65.7 Å². The molecule has 25 heavy (non-hydrogen) atoms. The van der Waals surface area contributed by atoms with Crippen molar-refractivity contribution in [3.63, 3.8) is 0 Å². The normalized spacial score (nSPS) is 21.2. The van der Waals surface area contributed by atoms with E-state index < -0.39 is 0 Å². The van der Waals surface area contributed by atoms with Crippen LogP contribution in [0.4, 0.5) is 5.69 Å². The van der Waals surface area contributed by atoms with Gasteiger partial charge in [0.05, 0.1) is 19.3 Å². The molecule has 1 fully saturated rings. The fourth-order valence-corrected chi connectivity index (χ4v) is 3.78. The van der Waals surface area contributed by atoms with Crippen molar-refractivity contribution in [1.29, 1.82) is 0 Å². The zero-order chi connectivity index (χ0) is 17.1. The summed E-state index contributed by atoms with van der Waals surface area (Å²) in [7, 11) is 0. The first-order chi connectivity index (χ1) is 12.3. The van der Waals surface area contributed by atoms with Gasteiger partial charge in [0.25, 0.3) is 0 Å². The highest BCUT2D eigenvalue weighted by molar-refractivity contribution is 5.96. The van der Waals surface area contributed by atoms with Gasteiger partial charge in [-0.3, -0.25) is 9.69 Å². The number of para-hydroxylation sites is 1. The van der Waals surface area contributed by atoms with Crippen LogP contribution in [0.5, 0.6) is 0 Å². The summed E-state index contributed by atoms with van der Waals surface area (Å²) in [6.07, 6.45) is 1.50. The van der Waals surface area contributed by atoms with Gasteiger partial charge in [-0.1, -0.05) is 48.5 Å². The third kappa shape index (κ3) is 3.75. The Morgan fingerprint density at radius 2 is 1.80 bits per heavy atom. The predicted octanol–water partition coefficient (Wildman–Crippen LogP) is 2.87. The second-order valence-corrected chi connectivity index (χ2v) is 6.85. The number of hydrogen-bond donors (Lipinski definition) is 0. The summed E-state index contributed by atoms with van der Waals surface area (Å²) in [4.78, 5) is 16.8. The highest BCUT2D eigenvalue weighted by Gasteiger charge is 2.29. The van der Waals surface area contributed by atoms with Gasteiger partial charge < -0.3 is 9.64 Å². The quantitative estimate of drug-likeness (QED) is 0.861. The van der Waals surface area contributed by atoms with Gasteiger partial charge in [-0.05, 0) is 23.6 Å². The predicted molar refractivity (Wildman–Crippen MR) is 98.6 cm³/mol. The molecule has 2 heterocycles. The molecule has 4 heteroatoms. The van der Waals surface area contributed by atoms with Gasteiger partial charge in [0, 0.05) is 31.7 Å². The molecule has 1 unspecified atom stereocenters. The lowest BCUT2D eigenvalue weighted by molar-refractivity contribution is -0.119. The van der Waals surface area contributed by atoms with Gasteiger partial charge in [0.2, 0.25) is 5.91 Å². The minimum absolute atomic E-state index is 0.0626. The van der Waals surface area contributed by atoms with Crippen molar-refractivity contribution in [2.45, 2.75) is 25.5 Å². The zero-order valence-electron chi connectivity index (χ0n) is 14.4. The summed E-state index contributed by atoms with van der Waals surface area (Å²) < 4.78 is 5.98. The molecule has 0 aromatic heterocycles. The summed E-state index contributed by atoms with van der Waals surface area (Å²) >= 11 is 0. The van der Waals surface area contributed by atoms with Crippen LogP contribution in [0.3, 0.4) is 0 Å². The van der Waals surface area contributed by atoms with Crippen LogP contribution in [0, 0.1) is 0 Å². The van der Waals surface area contributed by atoms with E-state index in [1.54, 1.807) is 0 Å². The van der Waals surface area contributed by atoms with E-state index in [-0.39, 0.29) is 12.0 Å². The summed E-state index contributed by atoms with van der Waals surface area (Å²) in [5.74, 6) is 0.211. The number of rotatable bonds is 4. The number of nitrogens with zero attached hydrogens (tertiary/aromatic N) is 2. The molecule has 0 spiro atoms. The first kappa shape index (κ1) is 16.3. The van der Waals surface area contributed by atoms with E-state index in [1.807, 2.05) is 23.1 Å². The molecule has 0 aliphatic carbocycles. The monoisotopic (exact) mass is 336 g/mol. The average Bonchev–Trinajstić information content (AvgIpc) is 2.65. The molecule has 2 aromatic carbocycles. The van der Waals surface area contributed by atoms with Gasteiger partial charge in [-0.15, -0.1) is 0 Å². The van der Waals surface area contributed by atoms with E-state index in [0.29, 0.717) is 13.0 Å². The fraction of sp³-hybridized carbons (Fsp3) is 0.381. The van der Waals surface area contributed by atoms with Crippen molar-refractivity contribution in [1.82, 2.24) is 4.90 Å². The molecule has 2 aromatic rings. The molecule has 2 aliphatic rings. The van der Waals surface area contributed by atoms with Crippen molar-refractivity contribution in [2.24, 2.45) is 0 Å². The topological polar surface area (TPSA) is 32.8 Å². The largest absolute Gasteiger partial charge is 0.374 e. The Labute approximate surface area is 149 Å². The summed E-state index contributed by atoms with van der Waals surface area (Å²) in [5, 5.41) is 0. The highest BCUT2D eigenvalue weighted by atomic mass is 16.5. The van der Waals surface area contributed by atoms with E-state index in [2.05, 4.69) is 41.3 Å². The number of aryl methyl sites for hydroxylation is 1. The summed E-state index contributed by atoms with van der Waals surface area (Å²) in [6, 6.07) is 18.8. The number of anilines is 1. The van der Waals surface area contributed by atoms with Crippen LogP contribution in [-0.4, -0.2) is 43.2 Å². The molecule has 1 saturated heterocycles. The molecular formula is C21H24N2O2. The molecule has 0 N–H and O–H groups in total. The van der Waals surface area contributed by atoms with Crippen molar-refractivity contribution in [3.8, 4) is 0 Å². The van der Waals surface area contributed by atoms with Crippen LogP contribution in [-0.2, 0) is 22.5 Å². The highest BCUT2D eigenvalue weighted by Crippen LogP contribution is 2.28. The van der Waals surface area contributed by atoms with Crippen LogP contribution < -0.4 is 4.90 Å². The third-order valence-electron chi connectivity index (χ3n) is 5.05. The van der Waals surface area contributed by atoms with E-state index in [1.165, 1.54) is 11.1 Å². The van der Waals surface area contributed by atoms with Gasteiger partial charge >= 0.3 is 0 Å². The average molecular weight is 336 g/mol. The number of benzene rings is 2. The number of carbonyl (C=O) groups excluding carboxylic acids is 1. The molecule has 130 valence electrons. The van der Waals surface area contributed by atoms with Crippen molar-refractivity contribution in [2.75, 3.05) is 31.1 Å². The minimum Gasteiger partial charge on any atom is -0.374 e. The lowest BCUT2D eigenvalue weighted by Gasteiger charge is -2.37. The first-order valence-corrected chi connectivity index (χ1v) is 9.06. The van der Waals surface area contributed by atoms with Crippen LogP contribution in [0.25, 0.3) is 0 Å². The summed E-state index contributed by atoms with van der Waals surface area (Å²) in [6.45, 7) is 4.10. The lowest BCUT2D eigenvalue weighted by atomic mass is 10.0. The summed E-state index contributed by atoms with van der Waals surface area (Å²) in [5.41, 5.74) is 3.64. The zero-order valence-corrected chi connectivity index (χ0v) is 14.4. The fourth-order valence-electron chi connectivity index (χ4n) is 3.78. The Bertz CT molecular complexity index is 732. The minimum atomic E-state index is 0.0626. The molecule has 1 atom stereocenters. The SMILES string of the molecule is O=C1CCc2ccccc2N1CC1CN(Cc2ccccc2)CCO1. The first-order valence-electron chi connectivity index (χ1n) is 9.06. The Kier molecular flexibility index (Phi) is 4.81. The molecular weight excluding hydrogens is 312 g/mol. The number of ether oxygens (including phenoxy) is 1. The number of carbonyl (C=O) groups is 1. The van der Waals surface area contributed by atoms with Crippen molar-refractivity contribution < 1.29 is 9.53 Å². The Morgan fingerprint density at radius 1 is 1.00 bits per heavy atom. The van der Waals surface area contributed by atoms with Gasteiger partial charge in [-0.25, -0.2) is 0 Å². The van der Waals surface area contributed by atoms with Crippen LogP contribution in [0.1, 0.15) is 17.5 Å². The Hall–Kier alpha value is -2.17. The molecule has 0 radical (unpaired) electrons. The van der Waals surface area contributed by atoms with E-state index in [4.69, 9.17) is 4.74 Å². The van der Waals surface area contributed by atoms with E-state index in [0.717, 1.165) is 38.3 Å². The smallest absolute Gasteiger partial charge is 0.227 e. The number of hydrogen-bond acceptors (Lipinski definition) is 3. The van der Waals surface area contributed by atoms with Gasteiger partial charge in [0.1, 0.15) is 0 Å². The molecule has 0 bridgehead atoms. The molecule has 1 amide bonds. The van der Waals surface area contributed by atoms with E-state index >= 15 is 0 Å².